The van der Waals surface area contributed by atoms with Gasteiger partial charge in [-0.05, 0) is 118 Å². The molecule has 2 saturated heterocycles. The molecule has 2 heterocycles. The highest BCUT2D eigenvalue weighted by Gasteiger charge is 2.42. The minimum Gasteiger partial charge on any atom is -0.508 e. The van der Waals surface area contributed by atoms with Crippen LogP contribution in [0.2, 0.25) is 0 Å². The molecule has 0 spiro atoms. The number of carboxylic acids is 1. The number of hydrogen-bond donors (Lipinski definition) is 14. The number of hydrogen-bond acceptors (Lipinski definition) is 15. The Morgan fingerprint density at radius 3 is 1.51 bits per heavy atom. The summed E-state index contributed by atoms with van der Waals surface area (Å²) in [5, 5.41) is 47.1. The fourth-order valence-electron chi connectivity index (χ4n) is 11.0. The second kappa shape index (κ2) is 38.1. The van der Waals surface area contributed by atoms with Crippen molar-refractivity contribution >= 4 is 70.9 Å². The Balaban J connectivity index is 1.66. The number of aromatic hydroxyl groups is 1. The maximum Gasteiger partial charge on any atom is 0.303 e. The van der Waals surface area contributed by atoms with Crippen LogP contribution in [0.25, 0.3) is 0 Å². The van der Waals surface area contributed by atoms with Gasteiger partial charge in [-0.3, -0.25) is 57.5 Å². The van der Waals surface area contributed by atoms with Gasteiger partial charge in [0.25, 0.3) is 0 Å². The molecule has 0 saturated carbocycles. The first-order chi connectivity index (χ1) is 44.4. The zero-order chi connectivity index (χ0) is 68.1. The molecule has 3 aromatic rings. The van der Waals surface area contributed by atoms with E-state index in [1.54, 1.807) is 88.4 Å². The molecule has 16 N–H and O–H groups in total. The third kappa shape index (κ3) is 24.5. The smallest absolute Gasteiger partial charge is 0.303 e. The SMILES string of the molecule is CCCNC(=O)C[C@@H]1NC(=O)[C@@H](CCCCN)NC(=O)[C@@H](Cc2ccccc2)NC(=O)[C@@H]2CCCN2C(=O)[C@@H](Cc2ccccc2)NC(=O)[C@@H](CCC(=O)O)NC(=O)[C@H](CCCN)NC(=O)[C@H](C(C)C)NC(=O)[C@H](Cc2ccc(O)cc2)NC(=O)[C@@H](CC(C)C)NC1=O. The van der Waals surface area contributed by atoms with Crippen molar-refractivity contribution in [2.45, 2.75) is 191 Å². The molecule has 27 heteroatoms. The molecule has 0 bridgehead atoms. The summed E-state index contributed by atoms with van der Waals surface area (Å²) in [5.74, 6) is -11.8. The monoisotopic (exact) mass is 1290 g/mol. The second-order valence-electron chi connectivity index (χ2n) is 24.5. The van der Waals surface area contributed by atoms with Crippen LogP contribution in [-0.2, 0) is 76.8 Å². The molecular formula is C66H95N13O14. The van der Waals surface area contributed by atoms with Crippen molar-refractivity contribution in [3.8, 4) is 5.75 Å². The van der Waals surface area contributed by atoms with Crippen molar-refractivity contribution in [1.82, 2.24) is 58.1 Å². The van der Waals surface area contributed by atoms with Gasteiger partial charge in [0.2, 0.25) is 65.0 Å². The highest BCUT2D eigenvalue weighted by molar-refractivity contribution is 6.00. The average molecular weight is 1290 g/mol. The molecule has 0 radical (unpaired) electrons. The van der Waals surface area contributed by atoms with Crippen LogP contribution in [0.15, 0.2) is 84.9 Å². The number of phenols is 1. The minimum atomic E-state index is -1.67. The van der Waals surface area contributed by atoms with Gasteiger partial charge in [0, 0.05) is 38.8 Å². The highest BCUT2D eigenvalue weighted by atomic mass is 16.4. The number of carboxylic acid groups (broad SMARTS) is 1. The Bertz CT molecular complexity index is 3010. The number of fused-ring (bicyclic) bond motifs is 1. The number of nitrogens with zero attached hydrogens (tertiary/aromatic N) is 1. The molecule has 93 heavy (non-hydrogen) atoms. The lowest BCUT2D eigenvalue weighted by Gasteiger charge is -2.31. The van der Waals surface area contributed by atoms with E-state index < -0.39 is 157 Å². The number of benzene rings is 3. The maximum atomic E-state index is 15.1. The number of rotatable bonds is 23. The van der Waals surface area contributed by atoms with E-state index in [2.05, 4.69) is 53.2 Å². The number of unbranched alkanes of at least 4 members (excludes halogenated alkanes) is 1. The summed E-state index contributed by atoms with van der Waals surface area (Å²) in [6.45, 7) is 9.08. The summed E-state index contributed by atoms with van der Waals surface area (Å²) in [6.07, 6.45) is -0.576. The van der Waals surface area contributed by atoms with E-state index in [1.807, 2.05) is 6.92 Å². The third-order valence-electron chi connectivity index (χ3n) is 16.0. The van der Waals surface area contributed by atoms with E-state index in [0.717, 1.165) is 0 Å². The van der Waals surface area contributed by atoms with Gasteiger partial charge < -0.3 is 79.7 Å². The van der Waals surface area contributed by atoms with E-state index in [9.17, 15) is 63.0 Å². The summed E-state index contributed by atoms with van der Waals surface area (Å²) < 4.78 is 0. The number of phenolic OH excluding ortho intramolecular Hbond substituents is 1. The molecule has 508 valence electrons. The van der Waals surface area contributed by atoms with Crippen LogP contribution in [0, 0.1) is 11.8 Å². The second-order valence-corrected chi connectivity index (χ2v) is 24.5. The van der Waals surface area contributed by atoms with Crippen molar-refractivity contribution in [2.75, 3.05) is 26.2 Å². The molecule has 2 fully saturated rings. The summed E-state index contributed by atoms with van der Waals surface area (Å²) >= 11 is 0. The lowest BCUT2D eigenvalue weighted by molar-refractivity contribution is -0.143. The predicted molar refractivity (Wildman–Crippen MR) is 344 cm³/mol. The van der Waals surface area contributed by atoms with Gasteiger partial charge in [0.05, 0.1) is 6.42 Å². The zero-order valence-corrected chi connectivity index (χ0v) is 53.8. The molecule has 27 nitrogen and oxygen atoms in total. The molecule has 10 atom stereocenters. The summed E-state index contributed by atoms with van der Waals surface area (Å²) in [7, 11) is 0. The van der Waals surface area contributed by atoms with Crippen molar-refractivity contribution in [2.24, 2.45) is 23.3 Å². The normalized spacial score (nSPS) is 23.8. The van der Waals surface area contributed by atoms with Crippen molar-refractivity contribution in [3.05, 3.63) is 102 Å². The largest absolute Gasteiger partial charge is 0.508 e. The van der Waals surface area contributed by atoms with Gasteiger partial charge in [0.15, 0.2) is 0 Å². The van der Waals surface area contributed by atoms with Gasteiger partial charge in [-0.2, -0.15) is 0 Å². The lowest BCUT2D eigenvalue weighted by Crippen LogP contribution is -2.62. The minimum absolute atomic E-state index is 0.0315. The number of carbonyl (C=O) groups excluding carboxylic acids is 11. The quantitative estimate of drug-likeness (QED) is 0.0562. The van der Waals surface area contributed by atoms with Crippen LogP contribution in [0.3, 0.4) is 0 Å². The fraction of sp³-hybridized carbons (Fsp3) is 0.545. The predicted octanol–water partition coefficient (Wildman–Crippen LogP) is 0.139. The molecule has 2 aliphatic rings. The molecule has 5 rings (SSSR count). The van der Waals surface area contributed by atoms with Gasteiger partial charge in [-0.15, -0.1) is 0 Å². The van der Waals surface area contributed by atoms with Gasteiger partial charge in [-0.25, -0.2) is 0 Å². The van der Waals surface area contributed by atoms with E-state index in [1.165, 1.54) is 29.2 Å². The molecule has 0 aliphatic carbocycles. The number of aliphatic carboxylic acids is 1. The van der Waals surface area contributed by atoms with Gasteiger partial charge in [0.1, 0.15) is 66.2 Å². The average Bonchev–Trinajstić information content (AvgIpc) is 1.92. The zero-order valence-electron chi connectivity index (χ0n) is 53.8. The van der Waals surface area contributed by atoms with Crippen LogP contribution < -0.4 is 64.6 Å². The summed E-state index contributed by atoms with van der Waals surface area (Å²) in [4.78, 5) is 174. The van der Waals surface area contributed by atoms with Crippen LogP contribution in [0.4, 0.5) is 0 Å². The molecule has 0 aromatic heterocycles. The van der Waals surface area contributed by atoms with Crippen LogP contribution in [0.1, 0.15) is 128 Å². The standard InChI is InChI=1S/C66H95N13O14/c1-6-32-69-54(81)38-51-62(89)73-48(34-39(2)3)60(87)74-50(36-43-24-26-44(80)27-25-43)63(90)78-56(40(4)5)65(92)72-46(22-15-31-68)57(84)71-47(28-29-55(82)83)59(86)77-52(37-42-19-11-8-12-20-42)66(93)79-33-16-23-53(79)64(91)76-49(35-41-17-9-7-10-18-41)61(88)70-45(58(85)75-51)21-13-14-30-67/h7-12,17-20,24-27,39-40,45-53,56,80H,6,13-16,21-23,28-38,67-68H2,1-5H3,(H,69,81)(H,70,88)(H,71,84)(H,72,92)(H,73,89)(H,74,87)(H,75,85)(H,76,91)(H,77,86)(H,78,90)(H,82,83)/t45-,46+,47-,48-,49-,50+,51+,52-,53+,56+/m1/s1. The first-order valence-corrected chi connectivity index (χ1v) is 32.2. The van der Waals surface area contributed by atoms with Crippen molar-refractivity contribution in [3.63, 3.8) is 0 Å². The number of carbonyl (C=O) groups is 12. The highest BCUT2D eigenvalue weighted by Crippen LogP contribution is 2.22. The van der Waals surface area contributed by atoms with E-state index in [4.69, 9.17) is 11.5 Å². The Morgan fingerprint density at radius 2 is 0.968 bits per heavy atom. The number of nitrogens with two attached hydrogens (primary N) is 2. The van der Waals surface area contributed by atoms with Gasteiger partial charge in [-0.1, -0.05) is 107 Å². The Morgan fingerprint density at radius 1 is 0.527 bits per heavy atom. The summed E-state index contributed by atoms with van der Waals surface area (Å²) in [5.41, 5.74) is 13.4. The van der Waals surface area contributed by atoms with Crippen LogP contribution >= 0.6 is 0 Å². The number of nitrogens with one attached hydrogen (secondary N) is 10. The van der Waals surface area contributed by atoms with E-state index in [0.29, 0.717) is 42.4 Å². The maximum absolute atomic E-state index is 15.1. The lowest BCUT2D eigenvalue weighted by atomic mass is 9.98. The molecule has 0 unspecified atom stereocenters. The molecule has 11 amide bonds. The van der Waals surface area contributed by atoms with E-state index in [-0.39, 0.29) is 89.2 Å². The summed E-state index contributed by atoms with van der Waals surface area (Å²) in [6, 6.07) is 8.49. The number of amides is 11. The topological polar surface area (TPSA) is 421 Å². The Labute approximate surface area is 543 Å². The third-order valence-corrected chi connectivity index (χ3v) is 16.0. The Hall–Kier alpha value is -8.98. The first kappa shape index (κ1) is 74.7. The first-order valence-electron chi connectivity index (χ1n) is 32.2. The molecular weight excluding hydrogens is 1200 g/mol. The van der Waals surface area contributed by atoms with E-state index >= 15 is 4.79 Å². The van der Waals surface area contributed by atoms with Gasteiger partial charge >= 0.3 is 5.97 Å². The van der Waals surface area contributed by atoms with Crippen LogP contribution in [0.5, 0.6) is 5.75 Å². The fourth-order valence-corrected chi connectivity index (χ4v) is 11.0. The van der Waals surface area contributed by atoms with Crippen molar-refractivity contribution in [1.29, 1.82) is 0 Å². The molecule has 3 aromatic carbocycles. The Kier molecular flexibility index (Phi) is 30.6. The molecule has 2 aliphatic heterocycles. The van der Waals surface area contributed by atoms with Crippen molar-refractivity contribution < 1.29 is 67.7 Å². The van der Waals surface area contributed by atoms with Crippen LogP contribution in [-0.4, -0.2) is 173 Å².